The molecule has 0 aliphatic carbocycles. The van der Waals surface area contributed by atoms with E-state index in [1.807, 2.05) is 25.7 Å². The summed E-state index contributed by atoms with van der Waals surface area (Å²) in [5.41, 5.74) is 1.75. The molecule has 0 fully saturated rings. The lowest BCUT2D eigenvalue weighted by molar-refractivity contribution is -0.385. The fraction of sp³-hybridized carbons (Fsp3) is 0.478. The van der Waals surface area contributed by atoms with Gasteiger partial charge in [-0.2, -0.15) is 0 Å². The molecule has 0 saturated carbocycles. The molecule has 0 bridgehead atoms. The number of hydrogen-bond donors (Lipinski definition) is 0. The Hall–Kier alpha value is -3.16. The quantitative estimate of drug-likeness (QED) is 0.324. The summed E-state index contributed by atoms with van der Waals surface area (Å²) in [5.74, 6) is -2.14. The van der Waals surface area contributed by atoms with Crippen molar-refractivity contribution in [3.8, 4) is 0 Å². The number of hydrogen-bond acceptors (Lipinski definition) is 7. The summed E-state index contributed by atoms with van der Waals surface area (Å²) in [7, 11) is 0. The molecule has 31 heavy (non-hydrogen) atoms. The van der Waals surface area contributed by atoms with Gasteiger partial charge in [0.2, 0.25) is 0 Å². The number of allylic oxidation sites excluding steroid dienone is 2. The van der Waals surface area contributed by atoms with Crippen molar-refractivity contribution in [3.63, 3.8) is 0 Å². The molecule has 8 nitrogen and oxygen atoms in total. The van der Waals surface area contributed by atoms with Crippen molar-refractivity contribution in [2.75, 3.05) is 19.8 Å². The van der Waals surface area contributed by atoms with Crippen LogP contribution in [0.3, 0.4) is 0 Å². The van der Waals surface area contributed by atoms with Crippen LogP contribution < -0.4 is 0 Å². The Kier molecular flexibility index (Phi) is 8.36. The van der Waals surface area contributed by atoms with Gasteiger partial charge in [-0.1, -0.05) is 32.0 Å². The first-order chi connectivity index (χ1) is 14.8. The summed E-state index contributed by atoms with van der Waals surface area (Å²) in [6, 6.07) is 6.16. The van der Waals surface area contributed by atoms with E-state index in [0.29, 0.717) is 30.8 Å². The normalized spacial score (nSPS) is 14.7. The first-order valence-corrected chi connectivity index (χ1v) is 10.6. The smallest absolute Gasteiger partial charge is 0.336 e. The molecule has 1 aromatic rings. The van der Waals surface area contributed by atoms with Gasteiger partial charge in [-0.05, 0) is 33.6 Å². The van der Waals surface area contributed by atoms with Crippen LogP contribution in [0.5, 0.6) is 0 Å². The highest BCUT2D eigenvalue weighted by molar-refractivity contribution is 6.00. The molecular weight excluding hydrogens is 400 g/mol. The maximum absolute atomic E-state index is 13.1. The highest BCUT2D eigenvalue weighted by Crippen LogP contribution is 2.45. The van der Waals surface area contributed by atoms with E-state index in [1.54, 1.807) is 32.0 Å². The number of benzene rings is 1. The van der Waals surface area contributed by atoms with E-state index in [9.17, 15) is 19.7 Å². The van der Waals surface area contributed by atoms with Gasteiger partial charge in [-0.15, -0.1) is 0 Å². The third kappa shape index (κ3) is 4.95. The minimum Gasteiger partial charge on any atom is -0.462 e. The van der Waals surface area contributed by atoms with Crippen LogP contribution in [0.15, 0.2) is 46.8 Å². The molecule has 0 unspecified atom stereocenters. The topological polar surface area (TPSA) is 99.0 Å². The summed E-state index contributed by atoms with van der Waals surface area (Å²) >= 11 is 0. The number of nitro benzene ring substituents is 1. The number of nitrogens with zero attached hydrogens (tertiary/aromatic N) is 2. The minimum absolute atomic E-state index is 0.167. The second-order valence-electron chi connectivity index (χ2n) is 7.26. The zero-order chi connectivity index (χ0) is 23.1. The summed E-state index contributed by atoms with van der Waals surface area (Å²) < 4.78 is 10.8. The SMILES string of the molecule is CCCOC(=O)C1=C(C)N(CC)C(C)=C(C(=O)OCCC)C1c1ccccc1[N+](=O)[O-]. The standard InChI is InChI=1S/C23H30N2O6/c1-6-13-30-22(26)19-15(4)24(8-3)16(5)20(23(27)31-14-7-2)21(19)17-11-9-10-12-18(17)25(28)29/h9-12,21H,6-8,13-14H2,1-5H3. The Morgan fingerprint density at radius 2 is 1.45 bits per heavy atom. The summed E-state index contributed by atoms with van der Waals surface area (Å²) in [6.45, 7) is 10.1. The minimum atomic E-state index is -0.960. The maximum Gasteiger partial charge on any atom is 0.336 e. The van der Waals surface area contributed by atoms with E-state index in [-0.39, 0.29) is 35.6 Å². The van der Waals surface area contributed by atoms with Crippen molar-refractivity contribution in [1.29, 1.82) is 0 Å². The Morgan fingerprint density at radius 1 is 0.968 bits per heavy atom. The largest absolute Gasteiger partial charge is 0.462 e. The van der Waals surface area contributed by atoms with E-state index in [2.05, 4.69) is 0 Å². The number of nitro groups is 1. The average molecular weight is 431 g/mol. The molecule has 0 aromatic heterocycles. The van der Waals surface area contributed by atoms with Crippen LogP contribution in [-0.4, -0.2) is 41.5 Å². The Labute approximate surface area is 182 Å². The number of esters is 2. The summed E-state index contributed by atoms with van der Waals surface area (Å²) in [6.07, 6.45) is 1.26. The van der Waals surface area contributed by atoms with E-state index in [0.717, 1.165) is 0 Å². The molecular formula is C23H30N2O6. The molecule has 1 aliphatic rings. The Bertz CT molecular complexity index is 874. The summed E-state index contributed by atoms with van der Waals surface area (Å²) in [5, 5.41) is 11.8. The van der Waals surface area contributed by atoms with Gasteiger partial charge in [0.15, 0.2) is 0 Å². The number of carbonyl (C=O) groups excluding carboxylic acids is 2. The molecule has 0 radical (unpaired) electrons. The van der Waals surface area contributed by atoms with Crippen molar-refractivity contribution in [2.45, 2.75) is 53.4 Å². The lowest BCUT2D eigenvalue weighted by atomic mass is 9.79. The first-order valence-electron chi connectivity index (χ1n) is 10.6. The summed E-state index contributed by atoms with van der Waals surface area (Å²) in [4.78, 5) is 39.4. The molecule has 1 heterocycles. The lowest BCUT2D eigenvalue weighted by Crippen LogP contribution is -2.35. The van der Waals surface area contributed by atoms with Gasteiger partial charge in [0.05, 0.1) is 35.2 Å². The number of rotatable bonds is 9. The molecule has 168 valence electrons. The number of ether oxygens (including phenoxy) is 2. The fourth-order valence-corrected chi connectivity index (χ4v) is 3.86. The number of carbonyl (C=O) groups is 2. The zero-order valence-corrected chi connectivity index (χ0v) is 18.8. The molecule has 0 amide bonds. The maximum atomic E-state index is 13.1. The second-order valence-corrected chi connectivity index (χ2v) is 7.26. The highest BCUT2D eigenvalue weighted by atomic mass is 16.6. The van der Waals surface area contributed by atoms with Gasteiger partial charge in [-0.3, -0.25) is 10.1 Å². The van der Waals surface area contributed by atoms with Crippen LogP contribution in [0.1, 0.15) is 58.9 Å². The van der Waals surface area contributed by atoms with Crippen LogP contribution in [0.4, 0.5) is 5.69 Å². The fourth-order valence-electron chi connectivity index (χ4n) is 3.86. The van der Waals surface area contributed by atoms with Gasteiger partial charge in [0, 0.05) is 29.6 Å². The molecule has 2 rings (SSSR count). The average Bonchev–Trinajstić information content (AvgIpc) is 2.75. The van der Waals surface area contributed by atoms with Crippen LogP contribution in [0.25, 0.3) is 0 Å². The third-order valence-corrected chi connectivity index (χ3v) is 5.24. The molecule has 1 aliphatic heterocycles. The van der Waals surface area contributed by atoms with E-state index < -0.39 is 22.8 Å². The Morgan fingerprint density at radius 3 is 1.87 bits per heavy atom. The Balaban J connectivity index is 2.80. The van der Waals surface area contributed by atoms with Crippen LogP contribution in [-0.2, 0) is 19.1 Å². The van der Waals surface area contributed by atoms with Gasteiger partial charge in [-0.25, -0.2) is 9.59 Å². The van der Waals surface area contributed by atoms with Gasteiger partial charge < -0.3 is 14.4 Å². The predicted octanol–water partition coefficient (Wildman–Crippen LogP) is 4.47. The van der Waals surface area contributed by atoms with Crippen molar-refractivity contribution >= 4 is 17.6 Å². The first kappa shape index (κ1) is 24.1. The highest BCUT2D eigenvalue weighted by Gasteiger charge is 2.42. The van der Waals surface area contributed by atoms with Gasteiger partial charge >= 0.3 is 11.9 Å². The molecule has 1 aromatic carbocycles. The van der Waals surface area contributed by atoms with Crippen molar-refractivity contribution in [1.82, 2.24) is 4.90 Å². The van der Waals surface area contributed by atoms with Crippen LogP contribution >= 0.6 is 0 Å². The molecule has 0 N–H and O–H groups in total. The number of para-hydroxylation sites is 1. The van der Waals surface area contributed by atoms with Crippen molar-refractivity contribution in [2.24, 2.45) is 0 Å². The van der Waals surface area contributed by atoms with Crippen molar-refractivity contribution in [3.05, 3.63) is 62.5 Å². The molecule has 0 spiro atoms. The zero-order valence-electron chi connectivity index (χ0n) is 18.8. The van der Waals surface area contributed by atoms with Gasteiger partial charge in [0.25, 0.3) is 5.69 Å². The molecule has 8 heteroatoms. The lowest BCUT2D eigenvalue weighted by Gasteiger charge is -2.37. The van der Waals surface area contributed by atoms with Crippen LogP contribution in [0.2, 0.25) is 0 Å². The molecule has 0 saturated heterocycles. The van der Waals surface area contributed by atoms with E-state index >= 15 is 0 Å². The van der Waals surface area contributed by atoms with E-state index in [4.69, 9.17) is 9.47 Å². The second kappa shape index (κ2) is 10.7. The molecule has 0 atom stereocenters. The van der Waals surface area contributed by atoms with Crippen LogP contribution in [0, 0.1) is 10.1 Å². The van der Waals surface area contributed by atoms with E-state index in [1.165, 1.54) is 6.07 Å². The monoisotopic (exact) mass is 430 g/mol. The van der Waals surface area contributed by atoms with Gasteiger partial charge in [0.1, 0.15) is 0 Å². The van der Waals surface area contributed by atoms with Crippen molar-refractivity contribution < 1.29 is 24.0 Å². The predicted molar refractivity (Wildman–Crippen MR) is 116 cm³/mol. The third-order valence-electron chi connectivity index (χ3n) is 5.24.